The molecule has 0 atom stereocenters. The van der Waals surface area contributed by atoms with E-state index in [0.717, 1.165) is 0 Å². The van der Waals surface area contributed by atoms with Crippen LogP contribution in [-0.2, 0) is 13.5 Å². The van der Waals surface area contributed by atoms with E-state index >= 15 is 0 Å². The normalized spacial score (nSPS) is 12.1. The molecule has 0 saturated heterocycles. The zero-order chi connectivity index (χ0) is 9.35. The number of aryl methyl sites for hydroxylation is 1. The summed E-state index contributed by atoms with van der Waals surface area (Å²) in [6.07, 6.45) is 0.655. The SMILES string of the molecule is Cn1nnc(F)c1CC(C)(C)C. The average Bonchev–Trinajstić information content (AvgIpc) is 2.16. The van der Waals surface area contributed by atoms with Gasteiger partial charge in [-0.3, -0.25) is 0 Å². The summed E-state index contributed by atoms with van der Waals surface area (Å²) in [7, 11) is 1.71. The number of hydrogen-bond donors (Lipinski definition) is 0. The van der Waals surface area contributed by atoms with Gasteiger partial charge in [-0.2, -0.15) is 4.39 Å². The summed E-state index contributed by atoms with van der Waals surface area (Å²) in [6.45, 7) is 6.17. The molecule has 0 bridgehead atoms. The molecular weight excluding hydrogens is 157 g/mol. The molecule has 1 rings (SSSR count). The lowest BCUT2D eigenvalue weighted by molar-refractivity contribution is 0.388. The second-order valence-electron chi connectivity index (χ2n) is 4.19. The second-order valence-corrected chi connectivity index (χ2v) is 4.19. The minimum absolute atomic E-state index is 0.0658. The lowest BCUT2D eigenvalue weighted by atomic mass is 9.91. The highest BCUT2D eigenvalue weighted by Crippen LogP contribution is 2.20. The van der Waals surface area contributed by atoms with Crippen molar-refractivity contribution in [2.45, 2.75) is 27.2 Å². The average molecular weight is 171 g/mol. The number of rotatable bonds is 1. The first-order chi connectivity index (χ1) is 5.40. The smallest absolute Gasteiger partial charge is 0.249 e. The van der Waals surface area contributed by atoms with Crippen molar-refractivity contribution in [3.8, 4) is 0 Å². The summed E-state index contributed by atoms with van der Waals surface area (Å²) in [4.78, 5) is 0. The Labute approximate surface area is 71.6 Å². The van der Waals surface area contributed by atoms with Gasteiger partial charge in [0.2, 0.25) is 0 Å². The Morgan fingerprint density at radius 3 is 2.33 bits per heavy atom. The molecule has 1 aromatic heterocycles. The van der Waals surface area contributed by atoms with Crippen LogP contribution >= 0.6 is 0 Å². The first-order valence-electron chi connectivity index (χ1n) is 3.94. The van der Waals surface area contributed by atoms with Crippen molar-refractivity contribution in [3.63, 3.8) is 0 Å². The van der Waals surface area contributed by atoms with E-state index < -0.39 is 5.95 Å². The molecule has 4 heteroatoms. The first kappa shape index (κ1) is 9.16. The molecule has 0 aliphatic carbocycles. The number of aromatic nitrogens is 3. The molecule has 1 heterocycles. The Bertz CT molecular complexity index is 253. The van der Waals surface area contributed by atoms with Crippen molar-refractivity contribution >= 4 is 0 Å². The highest BCUT2D eigenvalue weighted by Gasteiger charge is 2.18. The summed E-state index contributed by atoms with van der Waals surface area (Å²) >= 11 is 0. The van der Waals surface area contributed by atoms with E-state index in [-0.39, 0.29) is 5.41 Å². The summed E-state index contributed by atoms with van der Waals surface area (Å²) < 4.78 is 14.4. The van der Waals surface area contributed by atoms with Crippen LogP contribution in [0.25, 0.3) is 0 Å². The maximum absolute atomic E-state index is 12.9. The zero-order valence-corrected chi connectivity index (χ0v) is 7.93. The van der Waals surface area contributed by atoms with Gasteiger partial charge in [0, 0.05) is 7.05 Å². The largest absolute Gasteiger partial charge is 0.255 e. The van der Waals surface area contributed by atoms with Crippen molar-refractivity contribution in [3.05, 3.63) is 11.6 Å². The number of nitrogens with zero attached hydrogens (tertiary/aromatic N) is 3. The molecule has 0 fully saturated rings. The second kappa shape index (κ2) is 2.84. The van der Waals surface area contributed by atoms with E-state index in [1.54, 1.807) is 7.05 Å². The Kier molecular flexibility index (Phi) is 2.17. The minimum atomic E-state index is -0.451. The predicted molar refractivity (Wildman–Crippen MR) is 44.1 cm³/mol. The molecule has 0 radical (unpaired) electrons. The van der Waals surface area contributed by atoms with Crippen molar-refractivity contribution in [2.75, 3.05) is 0 Å². The lowest BCUT2D eigenvalue weighted by Gasteiger charge is -2.17. The van der Waals surface area contributed by atoms with Crippen LogP contribution in [-0.4, -0.2) is 15.0 Å². The van der Waals surface area contributed by atoms with Gasteiger partial charge in [0.1, 0.15) is 0 Å². The van der Waals surface area contributed by atoms with Gasteiger partial charge in [0.15, 0.2) is 0 Å². The number of hydrogen-bond acceptors (Lipinski definition) is 2. The van der Waals surface area contributed by atoms with Crippen LogP contribution in [0.2, 0.25) is 0 Å². The van der Waals surface area contributed by atoms with Crippen molar-refractivity contribution < 1.29 is 4.39 Å². The fraction of sp³-hybridized carbons (Fsp3) is 0.750. The fourth-order valence-corrected chi connectivity index (χ4v) is 1.04. The van der Waals surface area contributed by atoms with Crippen molar-refractivity contribution in [1.82, 2.24) is 15.0 Å². The first-order valence-corrected chi connectivity index (χ1v) is 3.94. The predicted octanol–water partition coefficient (Wildman–Crippen LogP) is 1.54. The molecule has 0 aliphatic heterocycles. The maximum Gasteiger partial charge on any atom is 0.255 e. The fourth-order valence-electron chi connectivity index (χ4n) is 1.04. The molecule has 0 spiro atoms. The quantitative estimate of drug-likeness (QED) is 0.641. The molecule has 0 amide bonds. The molecule has 1 aromatic rings. The van der Waals surface area contributed by atoms with Gasteiger partial charge in [-0.25, -0.2) is 4.68 Å². The molecule has 3 nitrogen and oxygen atoms in total. The van der Waals surface area contributed by atoms with Crippen molar-refractivity contribution in [2.24, 2.45) is 12.5 Å². The third-order valence-corrected chi connectivity index (χ3v) is 1.59. The van der Waals surface area contributed by atoms with Gasteiger partial charge in [-0.05, 0) is 11.8 Å². The topological polar surface area (TPSA) is 30.7 Å². The van der Waals surface area contributed by atoms with Crippen LogP contribution in [0.5, 0.6) is 0 Å². The van der Waals surface area contributed by atoms with E-state index in [9.17, 15) is 4.39 Å². The molecule has 12 heavy (non-hydrogen) atoms. The minimum Gasteiger partial charge on any atom is -0.249 e. The Balaban J connectivity index is 2.88. The van der Waals surface area contributed by atoms with Crippen LogP contribution in [0.15, 0.2) is 0 Å². The molecular formula is C8H14FN3. The van der Waals surface area contributed by atoms with Gasteiger partial charge >= 0.3 is 0 Å². The maximum atomic E-state index is 12.9. The third kappa shape index (κ3) is 2.03. The van der Waals surface area contributed by atoms with Crippen LogP contribution in [0.3, 0.4) is 0 Å². The summed E-state index contributed by atoms with van der Waals surface area (Å²) in [5, 5.41) is 6.94. The Hall–Kier alpha value is -0.930. The summed E-state index contributed by atoms with van der Waals surface area (Å²) in [5.41, 5.74) is 0.638. The molecule has 0 aliphatic rings. The van der Waals surface area contributed by atoms with E-state index in [1.165, 1.54) is 4.68 Å². The van der Waals surface area contributed by atoms with E-state index in [0.29, 0.717) is 12.1 Å². The molecule has 0 aromatic carbocycles. The molecule has 0 saturated carbocycles. The monoisotopic (exact) mass is 171 g/mol. The van der Waals surface area contributed by atoms with Crippen LogP contribution in [0, 0.1) is 11.4 Å². The summed E-state index contributed by atoms with van der Waals surface area (Å²) in [6, 6.07) is 0. The van der Waals surface area contributed by atoms with Crippen LogP contribution in [0.4, 0.5) is 4.39 Å². The number of halogens is 1. The van der Waals surface area contributed by atoms with Gasteiger partial charge in [-0.15, -0.1) is 0 Å². The highest BCUT2D eigenvalue weighted by molar-refractivity contribution is 4.99. The van der Waals surface area contributed by atoms with E-state index in [4.69, 9.17) is 0 Å². The molecule has 68 valence electrons. The van der Waals surface area contributed by atoms with E-state index in [1.807, 2.05) is 0 Å². The lowest BCUT2D eigenvalue weighted by Crippen LogP contribution is -2.13. The summed E-state index contributed by atoms with van der Waals surface area (Å²) in [5.74, 6) is -0.451. The Morgan fingerprint density at radius 2 is 2.00 bits per heavy atom. The standard InChI is InChI=1S/C8H14FN3/c1-8(2,3)5-6-7(9)10-11-12(6)4/h5H2,1-4H3. The van der Waals surface area contributed by atoms with Gasteiger partial charge in [0.25, 0.3) is 5.95 Å². The van der Waals surface area contributed by atoms with Gasteiger partial charge in [0.05, 0.1) is 5.69 Å². The molecule has 0 N–H and O–H groups in total. The van der Waals surface area contributed by atoms with Crippen molar-refractivity contribution in [1.29, 1.82) is 0 Å². The zero-order valence-electron chi connectivity index (χ0n) is 7.93. The highest BCUT2D eigenvalue weighted by atomic mass is 19.1. The third-order valence-electron chi connectivity index (χ3n) is 1.59. The van der Waals surface area contributed by atoms with E-state index in [2.05, 4.69) is 31.1 Å². The molecule has 0 unspecified atom stereocenters. The van der Waals surface area contributed by atoms with Crippen LogP contribution < -0.4 is 0 Å². The Morgan fingerprint density at radius 1 is 1.42 bits per heavy atom. The van der Waals surface area contributed by atoms with Gasteiger partial charge < -0.3 is 0 Å². The van der Waals surface area contributed by atoms with Crippen LogP contribution in [0.1, 0.15) is 26.5 Å². The van der Waals surface area contributed by atoms with Gasteiger partial charge in [-0.1, -0.05) is 31.1 Å².